The Kier molecular flexibility index (Phi) is 6.69. The zero-order valence-corrected chi connectivity index (χ0v) is 16.4. The second-order valence-corrected chi connectivity index (χ2v) is 7.24. The molecule has 0 saturated carbocycles. The third-order valence-corrected chi connectivity index (χ3v) is 5.20. The third-order valence-electron chi connectivity index (χ3n) is 5.20. The molecule has 2 aromatic rings. The average molecular weight is 367 g/mol. The Morgan fingerprint density at radius 2 is 1.89 bits per heavy atom. The van der Waals surface area contributed by atoms with Crippen molar-refractivity contribution in [3.8, 4) is 0 Å². The van der Waals surface area contributed by atoms with E-state index in [4.69, 9.17) is 0 Å². The summed E-state index contributed by atoms with van der Waals surface area (Å²) in [7, 11) is 0. The molecule has 1 N–H and O–H groups in total. The lowest BCUT2D eigenvalue weighted by Gasteiger charge is -2.37. The second kappa shape index (κ2) is 9.40. The van der Waals surface area contributed by atoms with Crippen molar-refractivity contribution in [2.45, 2.75) is 39.2 Å². The quantitative estimate of drug-likeness (QED) is 0.835. The van der Waals surface area contributed by atoms with Crippen LogP contribution in [0.3, 0.4) is 0 Å². The van der Waals surface area contributed by atoms with Crippen molar-refractivity contribution in [3.63, 3.8) is 0 Å². The number of piperazine rings is 1. The minimum Gasteiger partial charge on any atom is -0.368 e. The van der Waals surface area contributed by atoms with Crippen LogP contribution in [0.5, 0.6) is 0 Å². The number of amides is 2. The Labute approximate surface area is 162 Å². The fourth-order valence-corrected chi connectivity index (χ4v) is 3.48. The maximum absolute atomic E-state index is 12.8. The minimum atomic E-state index is 0.0290. The molecule has 1 aliphatic rings. The van der Waals surface area contributed by atoms with Gasteiger partial charge in [0.1, 0.15) is 0 Å². The Bertz CT molecular complexity index is 709. The van der Waals surface area contributed by atoms with E-state index in [1.165, 1.54) is 11.3 Å². The van der Waals surface area contributed by atoms with Crippen LogP contribution in [0.15, 0.2) is 48.8 Å². The smallest absolute Gasteiger partial charge is 0.318 e. The number of rotatable bonds is 6. The molecule has 1 atom stereocenters. The summed E-state index contributed by atoms with van der Waals surface area (Å²) in [6.07, 6.45) is 6.77. The van der Waals surface area contributed by atoms with Crippen LogP contribution in [0.1, 0.15) is 43.4 Å². The molecule has 0 bridgehead atoms. The molecular weight excluding hydrogens is 336 g/mol. The van der Waals surface area contributed by atoms with Gasteiger partial charge in [0, 0.05) is 44.3 Å². The Morgan fingerprint density at radius 1 is 1.15 bits per heavy atom. The monoisotopic (exact) mass is 366 g/mol. The first-order chi connectivity index (χ1) is 13.2. The van der Waals surface area contributed by atoms with Gasteiger partial charge in [0.15, 0.2) is 0 Å². The first kappa shape index (κ1) is 19.2. The van der Waals surface area contributed by atoms with E-state index in [1.54, 1.807) is 6.20 Å². The Morgan fingerprint density at radius 3 is 2.52 bits per heavy atom. The van der Waals surface area contributed by atoms with Gasteiger partial charge in [0.05, 0.1) is 6.04 Å². The summed E-state index contributed by atoms with van der Waals surface area (Å²) in [5, 5.41) is 3.23. The van der Waals surface area contributed by atoms with Crippen molar-refractivity contribution in [1.29, 1.82) is 0 Å². The van der Waals surface area contributed by atoms with E-state index < -0.39 is 0 Å². The summed E-state index contributed by atoms with van der Waals surface area (Å²) < 4.78 is 0. The molecule has 1 aliphatic heterocycles. The first-order valence-electron chi connectivity index (χ1n) is 9.94. The van der Waals surface area contributed by atoms with Gasteiger partial charge in [-0.05, 0) is 37.1 Å². The van der Waals surface area contributed by atoms with Crippen molar-refractivity contribution >= 4 is 11.7 Å². The molecule has 27 heavy (non-hydrogen) atoms. The molecule has 2 amide bonds. The second-order valence-electron chi connectivity index (χ2n) is 7.24. The van der Waals surface area contributed by atoms with Gasteiger partial charge in [-0.2, -0.15) is 0 Å². The molecule has 5 heteroatoms. The number of anilines is 1. The summed E-state index contributed by atoms with van der Waals surface area (Å²) in [4.78, 5) is 21.3. The number of benzene rings is 1. The maximum Gasteiger partial charge on any atom is 0.318 e. The maximum atomic E-state index is 12.8. The van der Waals surface area contributed by atoms with Gasteiger partial charge >= 0.3 is 6.03 Å². The largest absolute Gasteiger partial charge is 0.368 e. The highest BCUT2D eigenvalue weighted by Crippen LogP contribution is 2.20. The van der Waals surface area contributed by atoms with E-state index in [-0.39, 0.29) is 12.1 Å². The van der Waals surface area contributed by atoms with Crippen molar-refractivity contribution in [3.05, 3.63) is 59.9 Å². The molecule has 0 unspecified atom stereocenters. The summed E-state index contributed by atoms with van der Waals surface area (Å²) >= 11 is 0. The molecule has 1 fully saturated rings. The van der Waals surface area contributed by atoms with Gasteiger partial charge in [-0.25, -0.2) is 4.79 Å². The predicted molar refractivity (Wildman–Crippen MR) is 110 cm³/mol. The van der Waals surface area contributed by atoms with Gasteiger partial charge in [0.25, 0.3) is 0 Å². The van der Waals surface area contributed by atoms with Crippen LogP contribution in [0.2, 0.25) is 0 Å². The number of carbonyl (C=O) groups excluding carboxylic acids is 1. The molecule has 2 heterocycles. The topological polar surface area (TPSA) is 48.5 Å². The van der Waals surface area contributed by atoms with Gasteiger partial charge in [-0.3, -0.25) is 4.98 Å². The molecule has 144 valence electrons. The fraction of sp³-hybridized carbons (Fsp3) is 0.455. The van der Waals surface area contributed by atoms with E-state index in [1.807, 2.05) is 23.2 Å². The third kappa shape index (κ3) is 5.22. The number of aromatic nitrogens is 1. The SMILES string of the molecule is CCCC[C@@H](NC(=O)N1CCN(c2ccc(C)cc2)CC1)c1cccnc1. The number of aryl methyl sites for hydroxylation is 1. The Balaban J connectivity index is 1.56. The lowest BCUT2D eigenvalue weighted by atomic mass is 10.0. The van der Waals surface area contributed by atoms with E-state index in [2.05, 4.69) is 53.3 Å². The van der Waals surface area contributed by atoms with E-state index >= 15 is 0 Å². The van der Waals surface area contributed by atoms with Crippen LogP contribution in [-0.4, -0.2) is 42.1 Å². The molecule has 5 nitrogen and oxygen atoms in total. The van der Waals surface area contributed by atoms with Gasteiger partial charge in [-0.15, -0.1) is 0 Å². The van der Waals surface area contributed by atoms with Crippen molar-refractivity contribution < 1.29 is 4.79 Å². The molecular formula is C22H30N4O. The number of urea groups is 1. The lowest BCUT2D eigenvalue weighted by Crippen LogP contribution is -2.52. The fourth-order valence-electron chi connectivity index (χ4n) is 3.48. The number of hydrogen-bond donors (Lipinski definition) is 1. The summed E-state index contributed by atoms with van der Waals surface area (Å²) in [5.74, 6) is 0. The zero-order valence-electron chi connectivity index (χ0n) is 16.4. The number of pyridine rings is 1. The zero-order chi connectivity index (χ0) is 19.1. The van der Waals surface area contributed by atoms with Crippen LogP contribution in [0, 0.1) is 6.92 Å². The van der Waals surface area contributed by atoms with E-state index in [0.717, 1.165) is 51.0 Å². The molecule has 0 aliphatic carbocycles. The number of nitrogens with one attached hydrogen (secondary N) is 1. The van der Waals surface area contributed by atoms with Gasteiger partial charge in [0.2, 0.25) is 0 Å². The normalized spacial score (nSPS) is 15.5. The average Bonchev–Trinajstić information content (AvgIpc) is 2.72. The molecule has 1 aromatic heterocycles. The van der Waals surface area contributed by atoms with Crippen LogP contribution in [-0.2, 0) is 0 Å². The number of nitrogens with zero attached hydrogens (tertiary/aromatic N) is 3. The molecule has 0 spiro atoms. The highest BCUT2D eigenvalue weighted by molar-refractivity contribution is 5.75. The standard InChI is InChI=1S/C22H30N4O/c1-3-4-7-21(19-6-5-12-23-17-19)24-22(27)26-15-13-25(14-16-26)20-10-8-18(2)9-11-20/h5-6,8-12,17,21H,3-4,7,13-16H2,1-2H3,(H,24,27)/t21-/m1/s1. The Hall–Kier alpha value is -2.56. The highest BCUT2D eigenvalue weighted by Gasteiger charge is 2.23. The summed E-state index contributed by atoms with van der Waals surface area (Å²) in [6.45, 7) is 7.49. The van der Waals surface area contributed by atoms with Crippen LogP contribution in [0.25, 0.3) is 0 Å². The molecule has 1 aromatic carbocycles. The van der Waals surface area contributed by atoms with E-state index in [9.17, 15) is 4.79 Å². The van der Waals surface area contributed by atoms with Crippen LogP contribution >= 0.6 is 0 Å². The number of hydrogen-bond acceptors (Lipinski definition) is 3. The van der Waals surface area contributed by atoms with Crippen LogP contribution < -0.4 is 10.2 Å². The molecule has 0 radical (unpaired) electrons. The van der Waals surface area contributed by atoms with Crippen molar-refractivity contribution in [2.75, 3.05) is 31.1 Å². The number of unbranched alkanes of at least 4 members (excludes halogenated alkanes) is 1. The number of carbonyl (C=O) groups is 1. The highest BCUT2D eigenvalue weighted by atomic mass is 16.2. The van der Waals surface area contributed by atoms with Crippen LogP contribution in [0.4, 0.5) is 10.5 Å². The molecule has 1 saturated heterocycles. The summed E-state index contributed by atoms with van der Waals surface area (Å²) in [5.41, 5.74) is 3.58. The predicted octanol–water partition coefficient (Wildman–Crippen LogP) is 4.15. The minimum absolute atomic E-state index is 0.0290. The van der Waals surface area contributed by atoms with Gasteiger partial charge < -0.3 is 15.1 Å². The van der Waals surface area contributed by atoms with E-state index in [0.29, 0.717) is 0 Å². The lowest BCUT2D eigenvalue weighted by molar-refractivity contribution is 0.189. The van der Waals surface area contributed by atoms with Crippen molar-refractivity contribution in [2.24, 2.45) is 0 Å². The molecule has 3 rings (SSSR count). The summed E-state index contributed by atoms with van der Waals surface area (Å²) in [6, 6.07) is 12.6. The van der Waals surface area contributed by atoms with Gasteiger partial charge in [-0.1, -0.05) is 43.5 Å². The van der Waals surface area contributed by atoms with Crippen molar-refractivity contribution in [1.82, 2.24) is 15.2 Å². The first-order valence-corrected chi connectivity index (χ1v) is 9.94.